The molecule has 0 radical (unpaired) electrons. The van der Waals surface area contributed by atoms with E-state index in [1.807, 2.05) is 49.8 Å². The SMILES string of the molecule is CNc1ccnc(Nc2ccc(OC)c(-c3cc4[nH]ccc4cn3)c2)n1. The number of ether oxygens (including phenoxy) is 1. The molecule has 0 bridgehead atoms. The monoisotopic (exact) mass is 346 g/mol. The summed E-state index contributed by atoms with van der Waals surface area (Å²) >= 11 is 0. The zero-order chi connectivity index (χ0) is 17.9. The molecule has 0 amide bonds. The predicted molar refractivity (Wildman–Crippen MR) is 103 cm³/mol. The molecule has 0 spiro atoms. The lowest BCUT2D eigenvalue weighted by Gasteiger charge is -2.12. The molecule has 4 aromatic rings. The number of fused-ring (bicyclic) bond motifs is 1. The number of benzene rings is 1. The minimum atomic E-state index is 0.515. The van der Waals surface area contributed by atoms with Crippen molar-refractivity contribution in [2.75, 3.05) is 24.8 Å². The highest BCUT2D eigenvalue weighted by Crippen LogP contribution is 2.33. The number of nitrogens with zero attached hydrogens (tertiary/aromatic N) is 3. The molecule has 130 valence electrons. The van der Waals surface area contributed by atoms with Gasteiger partial charge in [-0.25, -0.2) is 4.98 Å². The Morgan fingerprint density at radius 1 is 1.08 bits per heavy atom. The first-order valence-electron chi connectivity index (χ1n) is 8.16. The summed E-state index contributed by atoms with van der Waals surface area (Å²) in [5.41, 5.74) is 3.59. The molecule has 7 heteroatoms. The highest BCUT2D eigenvalue weighted by Gasteiger charge is 2.11. The van der Waals surface area contributed by atoms with E-state index in [0.717, 1.165) is 39.4 Å². The van der Waals surface area contributed by atoms with Crippen LogP contribution in [0, 0.1) is 0 Å². The van der Waals surface area contributed by atoms with Gasteiger partial charge in [0.15, 0.2) is 0 Å². The molecule has 26 heavy (non-hydrogen) atoms. The van der Waals surface area contributed by atoms with Crippen molar-refractivity contribution in [2.45, 2.75) is 0 Å². The highest BCUT2D eigenvalue weighted by molar-refractivity contribution is 5.84. The average molecular weight is 346 g/mol. The van der Waals surface area contributed by atoms with E-state index in [9.17, 15) is 0 Å². The molecule has 0 unspecified atom stereocenters. The van der Waals surface area contributed by atoms with Gasteiger partial charge in [-0.2, -0.15) is 4.98 Å². The Balaban J connectivity index is 1.72. The van der Waals surface area contributed by atoms with E-state index in [1.165, 1.54) is 0 Å². The summed E-state index contributed by atoms with van der Waals surface area (Å²) in [6, 6.07) is 11.6. The zero-order valence-electron chi connectivity index (χ0n) is 14.4. The third kappa shape index (κ3) is 3.02. The summed E-state index contributed by atoms with van der Waals surface area (Å²) < 4.78 is 5.52. The van der Waals surface area contributed by atoms with E-state index in [2.05, 4.69) is 30.6 Å². The van der Waals surface area contributed by atoms with Crippen LogP contribution in [0.1, 0.15) is 0 Å². The summed E-state index contributed by atoms with van der Waals surface area (Å²) in [4.78, 5) is 16.4. The number of hydrogen-bond donors (Lipinski definition) is 3. The van der Waals surface area contributed by atoms with Crippen LogP contribution in [-0.4, -0.2) is 34.1 Å². The Bertz CT molecular complexity index is 1060. The first kappa shape index (κ1) is 15.9. The molecule has 3 heterocycles. The zero-order valence-corrected chi connectivity index (χ0v) is 14.4. The number of hydrogen-bond acceptors (Lipinski definition) is 6. The minimum absolute atomic E-state index is 0.515. The van der Waals surface area contributed by atoms with Gasteiger partial charge in [-0.1, -0.05) is 0 Å². The Hall–Kier alpha value is -3.61. The van der Waals surface area contributed by atoms with E-state index in [0.29, 0.717) is 5.95 Å². The molecular weight excluding hydrogens is 328 g/mol. The van der Waals surface area contributed by atoms with E-state index in [1.54, 1.807) is 19.4 Å². The van der Waals surface area contributed by atoms with Crippen molar-refractivity contribution in [1.29, 1.82) is 0 Å². The van der Waals surface area contributed by atoms with Crippen LogP contribution in [0.5, 0.6) is 5.75 Å². The predicted octanol–water partition coefficient (Wildman–Crippen LogP) is 3.81. The molecular formula is C19H18N6O. The lowest BCUT2D eigenvalue weighted by atomic mass is 10.1. The summed E-state index contributed by atoms with van der Waals surface area (Å²) in [6.45, 7) is 0. The normalized spacial score (nSPS) is 10.7. The molecule has 3 aromatic heterocycles. The maximum atomic E-state index is 5.52. The molecule has 0 aliphatic carbocycles. The first-order chi connectivity index (χ1) is 12.8. The molecule has 0 atom stereocenters. The van der Waals surface area contributed by atoms with Gasteiger partial charge in [0.25, 0.3) is 0 Å². The second kappa shape index (κ2) is 6.72. The van der Waals surface area contributed by atoms with Crippen molar-refractivity contribution in [3.8, 4) is 17.0 Å². The smallest absolute Gasteiger partial charge is 0.229 e. The van der Waals surface area contributed by atoms with Gasteiger partial charge in [-0.05, 0) is 36.4 Å². The molecule has 3 N–H and O–H groups in total. The summed E-state index contributed by atoms with van der Waals surface area (Å²) in [5.74, 6) is 2.01. The van der Waals surface area contributed by atoms with Gasteiger partial charge in [0.2, 0.25) is 5.95 Å². The van der Waals surface area contributed by atoms with E-state index in [4.69, 9.17) is 4.74 Å². The first-order valence-corrected chi connectivity index (χ1v) is 8.16. The van der Waals surface area contributed by atoms with Crippen LogP contribution in [0.15, 0.2) is 55.0 Å². The Labute approximate surface area is 150 Å². The van der Waals surface area contributed by atoms with Crippen molar-refractivity contribution < 1.29 is 4.74 Å². The molecule has 7 nitrogen and oxygen atoms in total. The second-order valence-electron chi connectivity index (χ2n) is 5.69. The van der Waals surface area contributed by atoms with Crippen LogP contribution < -0.4 is 15.4 Å². The largest absolute Gasteiger partial charge is 0.496 e. The Kier molecular flexibility index (Phi) is 4.10. The van der Waals surface area contributed by atoms with Gasteiger partial charge in [0.1, 0.15) is 11.6 Å². The topological polar surface area (TPSA) is 87.8 Å². The lowest BCUT2D eigenvalue weighted by molar-refractivity contribution is 0.416. The number of H-pyrrole nitrogens is 1. The summed E-state index contributed by atoms with van der Waals surface area (Å²) in [6.07, 6.45) is 5.45. The second-order valence-corrected chi connectivity index (χ2v) is 5.69. The number of anilines is 3. The average Bonchev–Trinajstić information content (AvgIpc) is 3.16. The van der Waals surface area contributed by atoms with Crippen molar-refractivity contribution in [3.05, 3.63) is 55.0 Å². The third-order valence-corrected chi connectivity index (χ3v) is 4.08. The fourth-order valence-electron chi connectivity index (χ4n) is 2.77. The maximum absolute atomic E-state index is 5.52. The van der Waals surface area contributed by atoms with Crippen LogP contribution in [0.3, 0.4) is 0 Å². The molecule has 4 rings (SSSR count). The molecule has 0 aliphatic heterocycles. The van der Waals surface area contributed by atoms with Gasteiger partial charge in [-0.3, -0.25) is 4.98 Å². The van der Waals surface area contributed by atoms with Crippen LogP contribution >= 0.6 is 0 Å². The molecule has 0 saturated heterocycles. The fraction of sp³-hybridized carbons (Fsp3) is 0.105. The Morgan fingerprint density at radius 3 is 2.85 bits per heavy atom. The van der Waals surface area contributed by atoms with Gasteiger partial charge in [-0.15, -0.1) is 0 Å². The molecule has 0 saturated carbocycles. The molecule has 0 aliphatic rings. The standard InChI is InChI=1S/C19H18N6O/c1-20-18-6-8-22-19(25-18)24-13-3-4-17(26-2)14(9-13)16-10-15-12(11-23-16)5-7-21-15/h3-11,21H,1-2H3,(H2,20,22,24,25). The Morgan fingerprint density at radius 2 is 2.00 bits per heavy atom. The van der Waals surface area contributed by atoms with Crippen molar-refractivity contribution >= 4 is 28.4 Å². The van der Waals surface area contributed by atoms with Crippen LogP contribution in [0.2, 0.25) is 0 Å². The van der Waals surface area contributed by atoms with Crippen molar-refractivity contribution in [2.24, 2.45) is 0 Å². The van der Waals surface area contributed by atoms with Crippen molar-refractivity contribution in [1.82, 2.24) is 19.9 Å². The number of rotatable bonds is 5. The number of pyridine rings is 1. The van der Waals surface area contributed by atoms with Gasteiger partial charge >= 0.3 is 0 Å². The van der Waals surface area contributed by atoms with Gasteiger partial charge in [0, 0.05) is 47.8 Å². The van der Waals surface area contributed by atoms with Gasteiger partial charge < -0.3 is 20.4 Å². The highest BCUT2D eigenvalue weighted by atomic mass is 16.5. The third-order valence-electron chi connectivity index (χ3n) is 4.08. The van der Waals surface area contributed by atoms with Crippen LogP contribution in [0.4, 0.5) is 17.5 Å². The van der Waals surface area contributed by atoms with E-state index >= 15 is 0 Å². The molecule has 1 aromatic carbocycles. The number of aromatic nitrogens is 4. The summed E-state index contributed by atoms with van der Waals surface area (Å²) in [5, 5.41) is 7.29. The van der Waals surface area contributed by atoms with E-state index in [-0.39, 0.29) is 0 Å². The fourth-order valence-corrected chi connectivity index (χ4v) is 2.77. The quantitative estimate of drug-likeness (QED) is 0.509. The van der Waals surface area contributed by atoms with E-state index < -0.39 is 0 Å². The van der Waals surface area contributed by atoms with Gasteiger partial charge in [0.05, 0.1) is 12.8 Å². The minimum Gasteiger partial charge on any atom is -0.496 e. The number of nitrogens with one attached hydrogen (secondary N) is 3. The maximum Gasteiger partial charge on any atom is 0.229 e. The number of methoxy groups -OCH3 is 1. The number of aromatic amines is 1. The van der Waals surface area contributed by atoms with Crippen LogP contribution in [0.25, 0.3) is 22.2 Å². The summed E-state index contributed by atoms with van der Waals surface area (Å²) in [7, 11) is 3.47. The van der Waals surface area contributed by atoms with Crippen molar-refractivity contribution in [3.63, 3.8) is 0 Å². The lowest BCUT2D eigenvalue weighted by Crippen LogP contribution is -2.00. The van der Waals surface area contributed by atoms with Crippen LogP contribution in [-0.2, 0) is 0 Å². The molecule has 0 fully saturated rings.